The molecule has 2 fully saturated rings. The van der Waals surface area contributed by atoms with Crippen LogP contribution in [-0.4, -0.2) is 30.5 Å². The molecule has 1 saturated carbocycles. The Bertz CT molecular complexity index is 502. The molecule has 1 atom stereocenters. The highest BCUT2D eigenvalue weighted by Gasteiger charge is 2.39. The quantitative estimate of drug-likeness (QED) is 0.905. The molecule has 1 aromatic carbocycles. The number of hydrogen-bond donors (Lipinski definition) is 1. The van der Waals surface area contributed by atoms with E-state index in [4.69, 9.17) is 4.74 Å². The smallest absolute Gasteiger partial charge is 0.238 e. The molecule has 0 radical (unpaired) electrons. The maximum Gasteiger partial charge on any atom is 0.238 e. The average Bonchev–Trinajstić information content (AvgIpc) is 2.70. The zero-order valence-corrected chi connectivity index (χ0v) is 10.9. The fourth-order valence-corrected chi connectivity index (χ4v) is 2.73. The topological polar surface area (TPSA) is 41.6 Å². The van der Waals surface area contributed by atoms with Crippen molar-refractivity contribution >= 4 is 5.91 Å². The summed E-state index contributed by atoms with van der Waals surface area (Å²) in [6, 6.07) is 5.16. The van der Waals surface area contributed by atoms with Gasteiger partial charge in [0.1, 0.15) is 6.17 Å². The van der Waals surface area contributed by atoms with Gasteiger partial charge >= 0.3 is 0 Å². The monoisotopic (exact) mass is 264 g/mol. The predicted octanol–water partition coefficient (Wildman–Crippen LogP) is 1.82. The standard InChI is InChI=1S/C14H17FN2O2/c1-19-12-6-5-9(7-11(12)15)14-16-8-13(18)17(14)10-3-2-4-10/h5-7,10,14,16H,2-4,8H2,1H3. The van der Waals surface area contributed by atoms with Gasteiger partial charge in [-0.05, 0) is 37.0 Å². The van der Waals surface area contributed by atoms with E-state index in [2.05, 4.69) is 5.32 Å². The number of halogens is 1. The van der Waals surface area contributed by atoms with Gasteiger partial charge in [0.25, 0.3) is 0 Å². The molecule has 0 spiro atoms. The number of nitrogens with one attached hydrogen (secondary N) is 1. The Morgan fingerprint density at radius 1 is 1.42 bits per heavy atom. The van der Waals surface area contributed by atoms with Crippen molar-refractivity contribution in [2.75, 3.05) is 13.7 Å². The van der Waals surface area contributed by atoms with Gasteiger partial charge in [0, 0.05) is 6.04 Å². The lowest BCUT2D eigenvalue weighted by atomic mass is 9.91. The van der Waals surface area contributed by atoms with Gasteiger partial charge in [0.15, 0.2) is 11.6 Å². The lowest BCUT2D eigenvalue weighted by Gasteiger charge is -2.38. The highest BCUT2D eigenvalue weighted by molar-refractivity contribution is 5.81. The molecule has 0 bridgehead atoms. The van der Waals surface area contributed by atoms with Gasteiger partial charge in [-0.3, -0.25) is 10.1 Å². The van der Waals surface area contributed by atoms with Gasteiger partial charge in [-0.25, -0.2) is 4.39 Å². The SMILES string of the molecule is COc1ccc(C2NCC(=O)N2C2CCC2)cc1F. The summed E-state index contributed by atoms with van der Waals surface area (Å²) in [7, 11) is 1.44. The number of benzene rings is 1. The molecule has 1 aliphatic heterocycles. The first kappa shape index (κ1) is 12.4. The van der Waals surface area contributed by atoms with Gasteiger partial charge in [0.2, 0.25) is 5.91 Å². The molecule has 0 aromatic heterocycles. The Hall–Kier alpha value is -1.62. The molecular weight excluding hydrogens is 247 g/mol. The summed E-state index contributed by atoms with van der Waals surface area (Å²) in [5.74, 6) is -0.0658. The number of hydrogen-bond acceptors (Lipinski definition) is 3. The van der Waals surface area contributed by atoms with Crippen molar-refractivity contribution in [3.8, 4) is 5.75 Å². The minimum atomic E-state index is -0.394. The molecular formula is C14H17FN2O2. The fourth-order valence-electron chi connectivity index (χ4n) is 2.73. The first-order chi connectivity index (χ1) is 9.20. The third kappa shape index (κ3) is 2.08. The summed E-state index contributed by atoms with van der Waals surface area (Å²) in [5.41, 5.74) is 0.774. The molecule has 1 aromatic rings. The highest BCUT2D eigenvalue weighted by atomic mass is 19.1. The van der Waals surface area contributed by atoms with Crippen LogP contribution in [0.25, 0.3) is 0 Å². The first-order valence-corrected chi connectivity index (χ1v) is 6.58. The second-order valence-electron chi connectivity index (χ2n) is 5.06. The van der Waals surface area contributed by atoms with Gasteiger partial charge in [0.05, 0.1) is 13.7 Å². The van der Waals surface area contributed by atoms with E-state index in [1.807, 2.05) is 11.0 Å². The summed E-state index contributed by atoms with van der Waals surface area (Å²) in [4.78, 5) is 13.8. The highest BCUT2D eigenvalue weighted by Crippen LogP contribution is 2.34. The number of nitrogens with zero attached hydrogens (tertiary/aromatic N) is 1. The summed E-state index contributed by atoms with van der Waals surface area (Å²) in [6.45, 7) is 0.328. The Balaban J connectivity index is 1.87. The molecule has 1 heterocycles. The van der Waals surface area contributed by atoms with Crippen molar-refractivity contribution in [2.45, 2.75) is 31.5 Å². The predicted molar refractivity (Wildman–Crippen MR) is 68.2 cm³/mol. The van der Waals surface area contributed by atoms with E-state index < -0.39 is 5.82 Å². The molecule has 19 heavy (non-hydrogen) atoms. The van der Waals surface area contributed by atoms with Crippen LogP contribution < -0.4 is 10.1 Å². The van der Waals surface area contributed by atoms with E-state index in [0.29, 0.717) is 12.6 Å². The Morgan fingerprint density at radius 2 is 2.21 bits per heavy atom. The molecule has 1 amide bonds. The maximum atomic E-state index is 13.8. The van der Waals surface area contributed by atoms with Crippen LogP contribution in [0.15, 0.2) is 18.2 Å². The molecule has 1 aliphatic carbocycles. The van der Waals surface area contributed by atoms with E-state index >= 15 is 0 Å². The van der Waals surface area contributed by atoms with Crippen molar-refractivity contribution in [2.24, 2.45) is 0 Å². The summed E-state index contributed by atoms with van der Waals surface area (Å²) in [6.07, 6.45) is 3.04. The fraction of sp³-hybridized carbons (Fsp3) is 0.500. The summed E-state index contributed by atoms with van der Waals surface area (Å²) < 4.78 is 18.7. The number of methoxy groups -OCH3 is 1. The van der Waals surface area contributed by atoms with Gasteiger partial charge in [-0.1, -0.05) is 6.07 Å². The Morgan fingerprint density at radius 3 is 2.79 bits per heavy atom. The van der Waals surface area contributed by atoms with Crippen LogP contribution in [0.5, 0.6) is 5.75 Å². The molecule has 5 heteroatoms. The molecule has 1 saturated heterocycles. The molecule has 1 unspecified atom stereocenters. The van der Waals surface area contributed by atoms with Crippen LogP contribution in [0.2, 0.25) is 0 Å². The van der Waals surface area contributed by atoms with Crippen molar-refractivity contribution in [1.29, 1.82) is 0 Å². The molecule has 4 nitrogen and oxygen atoms in total. The van der Waals surface area contributed by atoms with Gasteiger partial charge < -0.3 is 9.64 Å². The number of carbonyl (C=O) groups is 1. The Kier molecular flexibility index (Phi) is 3.14. The summed E-state index contributed by atoms with van der Waals surface area (Å²) in [5, 5.41) is 3.16. The maximum absolute atomic E-state index is 13.8. The molecule has 102 valence electrons. The minimum Gasteiger partial charge on any atom is -0.494 e. The van der Waals surface area contributed by atoms with Crippen LogP contribution in [0.1, 0.15) is 31.0 Å². The van der Waals surface area contributed by atoms with E-state index in [-0.39, 0.29) is 17.8 Å². The zero-order chi connectivity index (χ0) is 13.4. The number of rotatable bonds is 3. The van der Waals surface area contributed by atoms with E-state index in [1.165, 1.54) is 13.2 Å². The van der Waals surface area contributed by atoms with Gasteiger partial charge in [-0.2, -0.15) is 0 Å². The van der Waals surface area contributed by atoms with Crippen molar-refractivity contribution in [1.82, 2.24) is 10.2 Å². The van der Waals surface area contributed by atoms with E-state index in [0.717, 1.165) is 24.8 Å². The largest absolute Gasteiger partial charge is 0.494 e. The number of ether oxygens (including phenoxy) is 1. The van der Waals surface area contributed by atoms with E-state index in [1.54, 1.807) is 6.07 Å². The minimum absolute atomic E-state index is 0.103. The van der Waals surface area contributed by atoms with Crippen LogP contribution in [0.3, 0.4) is 0 Å². The van der Waals surface area contributed by atoms with Crippen molar-refractivity contribution in [3.63, 3.8) is 0 Å². The molecule has 1 N–H and O–H groups in total. The van der Waals surface area contributed by atoms with Crippen LogP contribution in [0.4, 0.5) is 4.39 Å². The number of amides is 1. The average molecular weight is 264 g/mol. The van der Waals surface area contributed by atoms with Crippen LogP contribution >= 0.6 is 0 Å². The second-order valence-corrected chi connectivity index (χ2v) is 5.06. The normalized spacial score (nSPS) is 23.6. The second kappa shape index (κ2) is 4.81. The third-order valence-electron chi connectivity index (χ3n) is 3.97. The van der Waals surface area contributed by atoms with Gasteiger partial charge in [-0.15, -0.1) is 0 Å². The lowest BCUT2D eigenvalue weighted by Crippen LogP contribution is -2.43. The first-order valence-electron chi connectivity index (χ1n) is 6.58. The van der Waals surface area contributed by atoms with E-state index in [9.17, 15) is 9.18 Å². The summed E-state index contributed by atoms with van der Waals surface area (Å²) >= 11 is 0. The van der Waals surface area contributed by atoms with Crippen LogP contribution in [-0.2, 0) is 4.79 Å². The Labute approximate surface area is 111 Å². The van der Waals surface area contributed by atoms with Crippen molar-refractivity contribution < 1.29 is 13.9 Å². The van der Waals surface area contributed by atoms with Crippen molar-refractivity contribution in [3.05, 3.63) is 29.6 Å². The molecule has 2 aliphatic rings. The lowest BCUT2D eigenvalue weighted by molar-refractivity contribution is -0.132. The zero-order valence-electron chi connectivity index (χ0n) is 10.9. The number of carbonyl (C=O) groups excluding carboxylic acids is 1. The molecule has 3 rings (SSSR count). The van der Waals surface area contributed by atoms with Crippen LogP contribution in [0, 0.1) is 5.82 Å². The third-order valence-corrected chi connectivity index (χ3v) is 3.97.